The molecule has 0 amide bonds. The van der Waals surface area contributed by atoms with E-state index in [1.54, 1.807) is 0 Å². The molecule has 0 saturated carbocycles. The zero-order chi connectivity index (χ0) is 13.5. The highest BCUT2D eigenvalue weighted by Crippen LogP contribution is 2.15. The highest BCUT2D eigenvalue weighted by molar-refractivity contribution is 5.80. The van der Waals surface area contributed by atoms with E-state index in [-0.39, 0.29) is 0 Å². The van der Waals surface area contributed by atoms with Crippen LogP contribution in [0.3, 0.4) is 0 Å². The van der Waals surface area contributed by atoms with Gasteiger partial charge in [-0.2, -0.15) is 0 Å². The number of hydrogen-bond donors (Lipinski definition) is 2. The van der Waals surface area contributed by atoms with Crippen LogP contribution >= 0.6 is 0 Å². The van der Waals surface area contributed by atoms with Crippen molar-refractivity contribution >= 4 is 5.96 Å². The molecule has 1 unspecified atom stereocenters. The van der Waals surface area contributed by atoms with Crippen LogP contribution in [0.5, 0.6) is 0 Å². The summed E-state index contributed by atoms with van der Waals surface area (Å²) in [6, 6.07) is 0.532. The molecule has 1 aliphatic heterocycles. The van der Waals surface area contributed by atoms with Crippen LogP contribution in [0.2, 0.25) is 0 Å². The summed E-state index contributed by atoms with van der Waals surface area (Å²) in [5, 5.41) is 6.99. The van der Waals surface area contributed by atoms with Gasteiger partial charge in [-0.1, -0.05) is 19.1 Å². The first-order valence-corrected chi connectivity index (χ1v) is 7.66. The molecule has 0 aromatic heterocycles. The molecule has 4 heteroatoms. The van der Waals surface area contributed by atoms with Crippen molar-refractivity contribution in [1.82, 2.24) is 15.5 Å². The molecule has 108 valence electrons. The second-order valence-corrected chi connectivity index (χ2v) is 5.64. The maximum Gasteiger partial charge on any atom is 0.191 e. The second kappa shape index (κ2) is 7.53. The number of aliphatic imine (C=N–C) groups is 1. The van der Waals surface area contributed by atoms with E-state index < -0.39 is 0 Å². The lowest BCUT2D eigenvalue weighted by Gasteiger charge is -2.32. The molecule has 0 aromatic carbocycles. The minimum atomic E-state index is 0.532. The maximum absolute atomic E-state index is 4.33. The van der Waals surface area contributed by atoms with Crippen LogP contribution in [0.15, 0.2) is 17.1 Å². The van der Waals surface area contributed by atoms with Crippen LogP contribution in [0, 0.1) is 5.92 Å². The molecule has 2 aliphatic rings. The summed E-state index contributed by atoms with van der Waals surface area (Å²) in [5.41, 5.74) is 0. The average Bonchev–Trinajstić information content (AvgIpc) is 2.96. The Bertz CT molecular complexity index is 316. The Balaban J connectivity index is 1.70. The van der Waals surface area contributed by atoms with Crippen molar-refractivity contribution in [2.75, 3.05) is 33.2 Å². The van der Waals surface area contributed by atoms with Gasteiger partial charge in [0.2, 0.25) is 0 Å². The predicted molar refractivity (Wildman–Crippen MR) is 81.5 cm³/mol. The van der Waals surface area contributed by atoms with Crippen LogP contribution < -0.4 is 10.6 Å². The van der Waals surface area contributed by atoms with Gasteiger partial charge in [0.1, 0.15) is 0 Å². The van der Waals surface area contributed by atoms with Crippen LogP contribution in [0.4, 0.5) is 0 Å². The number of rotatable bonds is 4. The van der Waals surface area contributed by atoms with Gasteiger partial charge in [0.05, 0.1) is 0 Å². The monoisotopic (exact) mass is 264 g/mol. The number of likely N-dealkylation sites (tertiary alicyclic amines) is 1. The first-order valence-electron chi connectivity index (χ1n) is 7.66. The first-order chi connectivity index (χ1) is 9.31. The van der Waals surface area contributed by atoms with Crippen molar-refractivity contribution in [2.24, 2.45) is 10.9 Å². The Morgan fingerprint density at radius 2 is 2.16 bits per heavy atom. The van der Waals surface area contributed by atoms with Crippen molar-refractivity contribution in [2.45, 2.75) is 38.6 Å². The zero-order valence-electron chi connectivity index (χ0n) is 12.4. The number of hydrogen-bond acceptors (Lipinski definition) is 2. The summed E-state index contributed by atoms with van der Waals surface area (Å²) in [6.45, 7) is 6.97. The van der Waals surface area contributed by atoms with Crippen LogP contribution in [-0.2, 0) is 0 Å². The summed E-state index contributed by atoms with van der Waals surface area (Å²) in [6.07, 6.45) is 9.39. The van der Waals surface area contributed by atoms with Gasteiger partial charge in [0.25, 0.3) is 0 Å². The molecule has 2 N–H and O–H groups in total. The topological polar surface area (TPSA) is 39.7 Å². The second-order valence-electron chi connectivity index (χ2n) is 5.64. The average molecular weight is 264 g/mol. The SMILES string of the molecule is CCN1CCCC(CNC(=NC)NC2CC=CC2)C1. The van der Waals surface area contributed by atoms with Gasteiger partial charge in [0, 0.05) is 26.2 Å². The van der Waals surface area contributed by atoms with Crippen molar-refractivity contribution < 1.29 is 0 Å². The molecular formula is C15H28N4. The lowest BCUT2D eigenvalue weighted by Crippen LogP contribution is -2.46. The highest BCUT2D eigenvalue weighted by Gasteiger charge is 2.19. The van der Waals surface area contributed by atoms with E-state index in [0.29, 0.717) is 6.04 Å². The zero-order valence-corrected chi connectivity index (χ0v) is 12.4. The number of guanidine groups is 1. The fourth-order valence-corrected chi connectivity index (χ4v) is 2.97. The molecule has 1 heterocycles. The smallest absolute Gasteiger partial charge is 0.191 e. The fraction of sp³-hybridized carbons (Fsp3) is 0.800. The summed E-state index contributed by atoms with van der Waals surface area (Å²) >= 11 is 0. The normalized spacial score (nSPS) is 25.8. The van der Waals surface area contributed by atoms with Gasteiger partial charge < -0.3 is 15.5 Å². The third-order valence-electron chi connectivity index (χ3n) is 4.18. The van der Waals surface area contributed by atoms with Gasteiger partial charge in [-0.15, -0.1) is 0 Å². The maximum atomic E-state index is 4.33. The Hall–Kier alpha value is -1.03. The molecule has 0 aromatic rings. The Labute approximate surface area is 117 Å². The number of nitrogens with one attached hydrogen (secondary N) is 2. The quantitative estimate of drug-likeness (QED) is 0.460. The first kappa shape index (κ1) is 14.4. The third-order valence-corrected chi connectivity index (χ3v) is 4.18. The molecule has 1 saturated heterocycles. The molecule has 0 bridgehead atoms. The van der Waals surface area contributed by atoms with E-state index in [1.807, 2.05) is 7.05 Å². The minimum absolute atomic E-state index is 0.532. The standard InChI is InChI=1S/C15H28N4/c1-3-19-10-6-7-13(12-19)11-17-15(16-2)18-14-8-4-5-9-14/h4-5,13-14H,3,6-12H2,1-2H3,(H2,16,17,18). The highest BCUT2D eigenvalue weighted by atomic mass is 15.2. The van der Waals surface area contributed by atoms with Crippen molar-refractivity contribution in [1.29, 1.82) is 0 Å². The molecule has 19 heavy (non-hydrogen) atoms. The number of nitrogens with zero attached hydrogens (tertiary/aromatic N) is 2. The molecular weight excluding hydrogens is 236 g/mol. The lowest BCUT2D eigenvalue weighted by atomic mass is 9.98. The van der Waals surface area contributed by atoms with E-state index in [4.69, 9.17) is 0 Å². The van der Waals surface area contributed by atoms with Crippen LogP contribution in [-0.4, -0.2) is 50.1 Å². The minimum Gasteiger partial charge on any atom is -0.356 e. The molecule has 4 nitrogen and oxygen atoms in total. The fourth-order valence-electron chi connectivity index (χ4n) is 2.97. The third kappa shape index (κ3) is 4.53. The van der Waals surface area contributed by atoms with E-state index in [0.717, 1.165) is 31.3 Å². The van der Waals surface area contributed by atoms with Crippen molar-refractivity contribution in [3.05, 3.63) is 12.2 Å². The molecule has 1 fully saturated rings. The van der Waals surface area contributed by atoms with E-state index >= 15 is 0 Å². The Morgan fingerprint density at radius 3 is 2.84 bits per heavy atom. The molecule has 0 spiro atoms. The van der Waals surface area contributed by atoms with Gasteiger partial charge in [0.15, 0.2) is 5.96 Å². The number of piperidine rings is 1. The van der Waals surface area contributed by atoms with Gasteiger partial charge in [-0.3, -0.25) is 4.99 Å². The molecule has 0 radical (unpaired) electrons. The van der Waals surface area contributed by atoms with E-state index in [9.17, 15) is 0 Å². The van der Waals surface area contributed by atoms with Crippen LogP contribution in [0.1, 0.15) is 32.6 Å². The molecule has 1 aliphatic carbocycles. The molecule has 2 rings (SSSR count). The van der Waals surface area contributed by atoms with E-state index in [1.165, 1.54) is 32.5 Å². The van der Waals surface area contributed by atoms with E-state index in [2.05, 4.69) is 39.6 Å². The summed E-state index contributed by atoms with van der Waals surface area (Å²) in [5.74, 6) is 1.72. The lowest BCUT2D eigenvalue weighted by molar-refractivity contribution is 0.183. The summed E-state index contributed by atoms with van der Waals surface area (Å²) < 4.78 is 0. The van der Waals surface area contributed by atoms with Gasteiger partial charge in [-0.05, 0) is 44.7 Å². The largest absolute Gasteiger partial charge is 0.356 e. The summed E-state index contributed by atoms with van der Waals surface area (Å²) in [7, 11) is 1.86. The Kier molecular flexibility index (Phi) is 5.70. The predicted octanol–water partition coefficient (Wildman–Crippen LogP) is 1.60. The van der Waals surface area contributed by atoms with Gasteiger partial charge >= 0.3 is 0 Å². The van der Waals surface area contributed by atoms with Crippen molar-refractivity contribution in [3.63, 3.8) is 0 Å². The Morgan fingerprint density at radius 1 is 1.37 bits per heavy atom. The van der Waals surface area contributed by atoms with Crippen LogP contribution in [0.25, 0.3) is 0 Å². The van der Waals surface area contributed by atoms with Crippen molar-refractivity contribution in [3.8, 4) is 0 Å². The van der Waals surface area contributed by atoms with Gasteiger partial charge in [-0.25, -0.2) is 0 Å². The molecule has 1 atom stereocenters. The summed E-state index contributed by atoms with van der Waals surface area (Å²) in [4.78, 5) is 6.88.